The number of carbonyl (C=O) groups is 2. The van der Waals surface area contributed by atoms with Crippen LogP contribution in [-0.4, -0.2) is 74.3 Å². The van der Waals surface area contributed by atoms with Crippen LogP contribution in [0.3, 0.4) is 0 Å². The lowest BCUT2D eigenvalue weighted by Gasteiger charge is -2.37. The lowest BCUT2D eigenvalue weighted by Crippen LogP contribution is -2.49. The van der Waals surface area contributed by atoms with Crippen molar-refractivity contribution in [1.29, 1.82) is 0 Å². The first-order valence-corrected chi connectivity index (χ1v) is 12.4. The molecule has 2 aliphatic heterocycles. The summed E-state index contributed by atoms with van der Waals surface area (Å²) in [5.74, 6) is 0.395. The Morgan fingerprint density at radius 2 is 2.09 bits per heavy atom. The summed E-state index contributed by atoms with van der Waals surface area (Å²) < 4.78 is 16.8. The molecule has 0 bridgehead atoms. The predicted octanol–water partition coefficient (Wildman–Crippen LogP) is 3.56. The molecule has 2 atom stereocenters. The van der Waals surface area contributed by atoms with Crippen LogP contribution in [0.1, 0.15) is 29.3 Å². The van der Waals surface area contributed by atoms with Gasteiger partial charge in [0.1, 0.15) is 19.0 Å². The molecule has 1 saturated heterocycles. The van der Waals surface area contributed by atoms with E-state index >= 15 is 0 Å². The Bertz CT molecular complexity index is 945. The molecule has 0 unspecified atom stereocenters. The van der Waals surface area contributed by atoms with Gasteiger partial charge in [-0.15, -0.1) is 11.3 Å². The van der Waals surface area contributed by atoms with Gasteiger partial charge in [-0.2, -0.15) is 0 Å². The first kappa shape index (κ1) is 24.0. The molecule has 1 fully saturated rings. The summed E-state index contributed by atoms with van der Waals surface area (Å²) in [6.07, 6.45) is 2.63. The van der Waals surface area contributed by atoms with Crippen LogP contribution in [0.4, 0.5) is 0 Å². The molecule has 0 saturated carbocycles. The highest BCUT2D eigenvalue weighted by Gasteiger charge is 2.34. The van der Waals surface area contributed by atoms with Gasteiger partial charge in [0.25, 0.3) is 0 Å². The zero-order valence-corrected chi connectivity index (χ0v) is 20.3. The molecule has 1 aromatic heterocycles. The van der Waals surface area contributed by atoms with Crippen molar-refractivity contribution in [3.63, 3.8) is 0 Å². The molecule has 2 aliphatic rings. The summed E-state index contributed by atoms with van der Waals surface area (Å²) in [6.45, 7) is 1.96. The maximum absolute atomic E-state index is 13.5. The second-order valence-corrected chi connectivity index (χ2v) is 9.70. The normalized spacial score (nSPS) is 19.9. The highest BCUT2D eigenvalue weighted by molar-refractivity contribution is 7.10. The topological polar surface area (TPSA) is 68.3 Å². The smallest absolute Gasteiger partial charge is 0.249 e. The van der Waals surface area contributed by atoms with Crippen molar-refractivity contribution < 1.29 is 23.8 Å². The zero-order valence-electron chi connectivity index (χ0n) is 18.7. The number of benzene rings is 1. The van der Waals surface area contributed by atoms with Crippen molar-refractivity contribution in [2.24, 2.45) is 0 Å². The maximum atomic E-state index is 13.5. The number of methoxy groups -OCH3 is 1. The van der Waals surface area contributed by atoms with Gasteiger partial charge in [0.15, 0.2) is 0 Å². The summed E-state index contributed by atoms with van der Waals surface area (Å²) in [4.78, 5) is 30.8. The first-order chi connectivity index (χ1) is 16.0. The van der Waals surface area contributed by atoms with Gasteiger partial charge >= 0.3 is 0 Å². The quantitative estimate of drug-likeness (QED) is 0.535. The van der Waals surface area contributed by atoms with Crippen LogP contribution in [0.2, 0.25) is 5.02 Å². The maximum Gasteiger partial charge on any atom is 0.249 e. The fourth-order valence-electron chi connectivity index (χ4n) is 4.34. The van der Waals surface area contributed by atoms with Crippen molar-refractivity contribution in [1.82, 2.24) is 9.80 Å². The summed E-state index contributed by atoms with van der Waals surface area (Å²) in [5.41, 5.74) is 1.11. The van der Waals surface area contributed by atoms with Crippen molar-refractivity contribution in [3.05, 3.63) is 51.2 Å². The number of fused-ring (bicyclic) bond motifs is 1. The minimum Gasteiger partial charge on any atom is -0.491 e. The van der Waals surface area contributed by atoms with Crippen LogP contribution >= 0.6 is 22.9 Å². The largest absolute Gasteiger partial charge is 0.491 e. The van der Waals surface area contributed by atoms with Crippen molar-refractivity contribution in [2.45, 2.75) is 31.4 Å². The Labute approximate surface area is 203 Å². The fraction of sp³-hybridized carbons (Fsp3) is 0.500. The van der Waals surface area contributed by atoms with Gasteiger partial charge in [-0.1, -0.05) is 11.6 Å². The Morgan fingerprint density at radius 1 is 1.27 bits per heavy atom. The van der Waals surface area contributed by atoms with Gasteiger partial charge in [0, 0.05) is 36.7 Å². The van der Waals surface area contributed by atoms with Gasteiger partial charge in [-0.05, 0) is 60.5 Å². The van der Waals surface area contributed by atoms with Crippen molar-refractivity contribution in [2.75, 3.05) is 46.6 Å². The number of hydrogen-bond donors (Lipinski definition) is 0. The molecule has 33 heavy (non-hydrogen) atoms. The number of hydrogen-bond acceptors (Lipinski definition) is 6. The first-order valence-electron chi connectivity index (χ1n) is 11.2. The number of carbonyl (C=O) groups excluding carboxylic acids is 2. The second kappa shape index (κ2) is 11.3. The van der Waals surface area contributed by atoms with E-state index < -0.39 is 0 Å². The third kappa shape index (κ3) is 6.06. The van der Waals surface area contributed by atoms with Gasteiger partial charge in [-0.25, -0.2) is 0 Å². The molecule has 7 nitrogen and oxygen atoms in total. The van der Waals surface area contributed by atoms with Crippen molar-refractivity contribution in [3.8, 4) is 5.75 Å². The molecule has 0 aliphatic carbocycles. The van der Waals surface area contributed by atoms with Crippen LogP contribution in [0, 0.1) is 0 Å². The van der Waals surface area contributed by atoms with Crippen LogP contribution in [0.15, 0.2) is 35.7 Å². The number of nitrogens with zero attached hydrogens (tertiary/aromatic N) is 2. The van der Waals surface area contributed by atoms with Gasteiger partial charge in [0.2, 0.25) is 11.8 Å². The van der Waals surface area contributed by atoms with E-state index in [-0.39, 0.29) is 37.1 Å². The lowest BCUT2D eigenvalue weighted by molar-refractivity contribution is -0.145. The molecular formula is C24H29ClN2O5S. The van der Waals surface area contributed by atoms with Crippen LogP contribution in [0.25, 0.3) is 0 Å². The van der Waals surface area contributed by atoms with E-state index in [9.17, 15) is 9.59 Å². The summed E-state index contributed by atoms with van der Waals surface area (Å²) in [5, 5.41) is 2.70. The summed E-state index contributed by atoms with van der Waals surface area (Å²) in [7, 11) is 1.48. The van der Waals surface area contributed by atoms with E-state index in [2.05, 4.69) is 11.4 Å². The summed E-state index contributed by atoms with van der Waals surface area (Å²) in [6, 6.07) is 9.04. The van der Waals surface area contributed by atoms with E-state index in [0.717, 1.165) is 24.8 Å². The number of thiophene rings is 1. The molecule has 3 heterocycles. The molecule has 2 amide bonds. The second-order valence-electron chi connectivity index (χ2n) is 8.26. The van der Waals surface area contributed by atoms with Crippen LogP contribution < -0.4 is 4.74 Å². The fourth-order valence-corrected chi connectivity index (χ4v) is 5.39. The molecular weight excluding hydrogens is 464 g/mol. The minimum absolute atomic E-state index is 0.00102. The average molecular weight is 493 g/mol. The molecule has 4 rings (SSSR count). The summed E-state index contributed by atoms with van der Waals surface area (Å²) >= 11 is 7.68. The molecule has 0 N–H and O–H groups in total. The van der Waals surface area contributed by atoms with E-state index in [1.54, 1.807) is 28.4 Å². The molecule has 2 aromatic rings. The van der Waals surface area contributed by atoms with E-state index in [1.165, 1.54) is 12.0 Å². The van der Waals surface area contributed by atoms with Gasteiger partial charge in [-0.3, -0.25) is 9.59 Å². The van der Waals surface area contributed by atoms with E-state index in [4.69, 9.17) is 25.8 Å². The van der Waals surface area contributed by atoms with Gasteiger partial charge < -0.3 is 24.0 Å². The lowest BCUT2D eigenvalue weighted by atomic mass is 10.0. The van der Waals surface area contributed by atoms with E-state index in [1.807, 2.05) is 17.0 Å². The minimum atomic E-state index is -0.217. The van der Waals surface area contributed by atoms with Crippen LogP contribution in [-0.2, 0) is 25.5 Å². The monoisotopic (exact) mass is 492 g/mol. The molecule has 9 heteroatoms. The predicted molar refractivity (Wildman–Crippen MR) is 127 cm³/mol. The van der Waals surface area contributed by atoms with Gasteiger partial charge in [0.05, 0.1) is 18.7 Å². The standard InChI is InChI=1S/C24H29ClN2O5S/c1-30-16-24(29)26(13-19-3-2-11-31-19)14-23(28)27-10-8-22-20(9-12-33-22)21(27)15-32-18-6-4-17(25)5-7-18/h4-7,9,12,19,21H,2-3,8,10-11,13-16H2,1H3/t19-,21-/m0/s1. The number of ether oxygens (including phenoxy) is 3. The SMILES string of the molecule is COCC(=O)N(CC(=O)N1CCc2sccc2[C@@H]1COc1ccc(Cl)cc1)C[C@@H]1CCCO1. The zero-order chi connectivity index (χ0) is 23.2. The third-order valence-corrected chi connectivity index (χ3v) is 7.28. The molecule has 178 valence electrons. The molecule has 0 radical (unpaired) electrons. The highest BCUT2D eigenvalue weighted by atomic mass is 35.5. The van der Waals surface area contributed by atoms with Crippen LogP contribution in [0.5, 0.6) is 5.75 Å². The Morgan fingerprint density at radius 3 is 2.82 bits per heavy atom. The highest BCUT2D eigenvalue weighted by Crippen LogP contribution is 2.34. The molecule has 0 spiro atoms. The van der Waals surface area contributed by atoms with Crippen molar-refractivity contribution >= 4 is 34.8 Å². The Hall–Kier alpha value is -2.13. The third-order valence-electron chi connectivity index (χ3n) is 6.03. The number of rotatable bonds is 9. The Balaban J connectivity index is 1.48. The average Bonchev–Trinajstić information content (AvgIpc) is 3.50. The number of amides is 2. The number of halogens is 1. The Kier molecular flexibility index (Phi) is 8.25. The molecule has 1 aromatic carbocycles. The van der Waals surface area contributed by atoms with E-state index in [0.29, 0.717) is 37.1 Å².